The zero-order valence-corrected chi connectivity index (χ0v) is 16.5. The lowest BCUT2D eigenvalue weighted by Crippen LogP contribution is -2.51. The summed E-state index contributed by atoms with van der Waals surface area (Å²) in [6.45, 7) is 1.70. The summed E-state index contributed by atoms with van der Waals surface area (Å²) in [5.74, 6) is -0.310. The van der Waals surface area contributed by atoms with Crippen LogP contribution in [-0.4, -0.2) is 57.8 Å². The smallest absolute Gasteiger partial charge is 0.261 e. The first-order valence-corrected chi connectivity index (χ1v) is 10.2. The van der Waals surface area contributed by atoms with Crippen LogP contribution in [0, 0.1) is 0 Å². The fraction of sp³-hybridized carbons (Fsp3) is 0.238. The molecule has 1 aliphatic rings. The highest BCUT2D eigenvalue weighted by Crippen LogP contribution is 2.21. The topological polar surface area (TPSA) is 86.4 Å². The van der Waals surface area contributed by atoms with E-state index in [0.29, 0.717) is 31.9 Å². The Morgan fingerprint density at radius 3 is 2.45 bits per heavy atom. The van der Waals surface area contributed by atoms with Gasteiger partial charge in [-0.05, 0) is 35.7 Å². The Morgan fingerprint density at radius 2 is 1.79 bits per heavy atom. The highest BCUT2D eigenvalue weighted by Gasteiger charge is 2.26. The van der Waals surface area contributed by atoms with Crippen LogP contribution in [0.2, 0.25) is 0 Å². The third-order valence-corrected chi connectivity index (χ3v) is 5.81. The van der Waals surface area contributed by atoms with E-state index in [1.54, 1.807) is 28.1 Å². The van der Waals surface area contributed by atoms with E-state index in [4.69, 9.17) is 0 Å². The molecule has 1 saturated heterocycles. The van der Waals surface area contributed by atoms with Crippen molar-refractivity contribution in [1.82, 2.24) is 19.8 Å². The van der Waals surface area contributed by atoms with Gasteiger partial charge >= 0.3 is 0 Å². The van der Waals surface area contributed by atoms with Crippen molar-refractivity contribution in [2.75, 3.05) is 26.2 Å². The second-order valence-corrected chi connectivity index (χ2v) is 7.71. The predicted molar refractivity (Wildman–Crippen MR) is 111 cm³/mol. The summed E-state index contributed by atoms with van der Waals surface area (Å²) < 4.78 is 0. The van der Waals surface area contributed by atoms with Crippen LogP contribution in [0.25, 0.3) is 10.6 Å². The van der Waals surface area contributed by atoms with Crippen LogP contribution < -0.4 is 5.56 Å². The molecule has 7 nitrogen and oxygen atoms in total. The number of amides is 2. The molecule has 0 saturated carbocycles. The Morgan fingerprint density at radius 1 is 1.00 bits per heavy atom. The van der Waals surface area contributed by atoms with Crippen molar-refractivity contribution in [3.05, 3.63) is 75.7 Å². The van der Waals surface area contributed by atoms with Gasteiger partial charge in [-0.2, -0.15) is 0 Å². The Bertz CT molecular complexity index is 1060. The van der Waals surface area contributed by atoms with Crippen molar-refractivity contribution in [2.45, 2.75) is 6.42 Å². The number of hydrogen-bond acceptors (Lipinski definition) is 5. The Kier molecular flexibility index (Phi) is 5.53. The van der Waals surface area contributed by atoms with E-state index in [1.165, 1.54) is 11.3 Å². The lowest BCUT2D eigenvalue weighted by atomic mass is 10.2. The van der Waals surface area contributed by atoms with E-state index in [1.807, 2.05) is 35.7 Å². The normalized spacial score (nSPS) is 14.1. The number of carbonyl (C=O) groups excluding carboxylic acids is 2. The van der Waals surface area contributed by atoms with Gasteiger partial charge in [0.2, 0.25) is 5.91 Å². The number of piperazine rings is 1. The predicted octanol–water partition coefficient (Wildman–Crippen LogP) is 2.03. The minimum Gasteiger partial charge on any atom is -0.339 e. The molecule has 2 amide bonds. The number of H-pyrrole nitrogens is 1. The van der Waals surface area contributed by atoms with E-state index in [2.05, 4.69) is 9.97 Å². The lowest BCUT2D eigenvalue weighted by molar-refractivity contribution is -0.132. The molecule has 148 valence electrons. The quantitative estimate of drug-likeness (QED) is 0.716. The summed E-state index contributed by atoms with van der Waals surface area (Å²) >= 11 is 1.52. The summed E-state index contributed by atoms with van der Waals surface area (Å²) in [6, 6.07) is 12.6. The summed E-state index contributed by atoms with van der Waals surface area (Å²) in [4.78, 5) is 48.9. The highest BCUT2D eigenvalue weighted by atomic mass is 32.1. The number of nitrogens with one attached hydrogen (secondary N) is 1. The lowest BCUT2D eigenvalue weighted by Gasteiger charge is -2.34. The van der Waals surface area contributed by atoms with Crippen molar-refractivity contribution < 1.29 is 9.59 Å². The molecule has 0 aliphatic carbocycles. The number of thiophene rings is 1. The third kappa shape index (κ3) is 4.27. The molecule has 0 spiro atoms. The highest BCUT2D eigenvalue weighted by molar-refractivity contribution is 7.13. The molecule has 1 aliphatic heterocycles. The van der Waals surface area contributed by atoms with Gasteiger partial charge in [0.25, 0.3) is 11.5 Å². The SMILES string of the molecule is O=C(Cc1ccccn1)N1CCN(C(=O)c2ccc(-c3cccs3)[nH]c2=O)CC1. The molecule has 29 heavy (non-hydrogen) atoms. The van der Waals surface area contributed by atoms with Gasteiger partial charge < -0.3 is 14.8 Å². The zero-order chi connectivity index (χ0) is 20.2. The maximum absolute atomic E-state index is 12.8. The molecule has 4 heterocycles. The maximum atomic E-state index is 12.8. The minimum absolute atomic E-state index is 0.00560. The van der Waals surface area contributed by atoms with Gasteiger partial charge in [0.1, 0.15) is 5.56 Å². The van der Waals surface area contributed by atoms with Gasteiger partial charge in [-0.15, -0.1) is 11.3 Å². The van der Waals surface area contributed by atoms with Crippen molar-refractivity contribution >= 4 is 23.2 Å². The van der Waals surface area contributed by atoms with E-state index in [9.17, 15) is 14.4 Å². The van der Waals surface area contributed by atoms with E-state index >= 15 is 0 Å². The molecule has 0 atom stereocenters. The Hall–Kier alpha value is -3.26. The van der Waals surface area contributed by atoms with Crippen molar-refractivity contribution in [2.24, 2.45) is 0 Å². The number of carbonyl (C=O) groups is 2. The summed E-state index contributed by atoms with van der Waals surface area (Å²) in [6.07, 6.45) is 1.92. The average molecular weight is 408 g/mol. The molecule has 1 fully saturated rings. The van der Waals surface area contributed by atoms with Gasteiger partial charge in [-0.3, -0.25) is 19.4 Å². The van der Waals surface area contributed by atoms with Gasteiger partial charge in [0.15, 0.2) is 0 Å². The van der Waals surface area contributed by atoms with Crippen LogP contribution in [0.15, 0.2) is 58.8 Å². The van der Waals surface area contributed by atoms with Crippen LogP contribution in [0.4, 0.5) is 0 Å². The molecule has 1 N–H and O–H groups in total. The first-order valence-electron chi connectivity index (χ1n) is 9.36. The van der Waals surface area contributed by atoms with Crippen molar-refractivity contribution in [3.63, 3.8) is 0 Å². The fourth-order valence-electron chi connectivity index (χ4n) is 3.32. The van der Waals surface area contributed by atoms with Gasteiger partial charge in [0, 0.05) is 38.1 Å². The largest absolute Gasteiger partial charge is 0.339 e. The molecule has 0 unspecified atom stereocenters. The number of aromatic amines is 1. The number of rotatable bonds is 4. The number of pyridine rings is 2. The van der Waals surface area contributed by atoms with Crippen LogP contribution in [0.1, 0.15) is 16.1 Å². The standard InChI is InChI=1S/C21H20N4O3S/c26-19(14-15-4-1-2-8-22-15)24-9-11-25(12-10-24)21(28)16-6-7-17(23-20(16)27)18-5-3-13-29-18/h1-8,13H,9-12,14H2,(H,23,27). The molecule has 4 rings (SSSR count). The first-order chi connectivity index (χ1) is 14.1. The second-order valence-electron chi connectivity index (χ2n) is 6.76. The second kappa shape index (κ2) is 8.40. The first kappa shape index (κ1) is 19.1. The summed E-state index contributed by atoms with van der Waals surface area (Å²) in [5.41, 5.74) is 1.16. The van der Waals surface area contributed by atoms with Crippen molar-refractivity contribution in [3.8, 4) is 10.6 Å². The molecule has 0 aromatic carbocycles. The fourth-order valence-corrected chi connectivity index (χ4v) is 4.02. The zero-order valence-electron chi connectivity index (χ0n) is 15.7. The van der Waals surface area contributed by atoms with Crippen LogP contribution in [0.5, 0.6) is 0 Å². The number of aromatic nitrogens is 2. The van der Waals surface area contributed by atoms with Crippen molar-refractivity contribution in [1.29, 1.82) is 0 Å². The van der Waals surface area contributed by atoms with Crippen LogP contribution in [-0.2, 0) is 11.2 Å². The Balaban J connectivity index is 1.38. The summed E-state index contributed by atoms with van der Waals surface area (Å²) in [5, 5.41) is 1.93. The molecular formula is C21H20N4O3S. The minimum atomic E-state index is -0.394. The van der Waals surface area contributed by atoms with Crippen LogP contribution >= 0.6 is 11.3 Å². The molecule has 8 heteroatoms. The number of hydrogen-bond donors (Lipinski definition) is 1. The van der Waals surface area contributed by atoms with Gasteiger partial charge in [-0.1, -0.05) is 12.1 Å². The van der Waals surface area contributed by atoms with Crippen LogP contribution in [0.3, 0.4) is 0 Å². The van der Waals surface area contributed by atoms with Gasteiger partial charge in [-0.25, -0.2) is 0 Å². The third-order valence-electron chi connectivity index (χ3n) is 4.90. The average Bonchev–Trinajstić information content (AvgIpc) is 3.29. The monoisotopic (exact) mass is 408 g/mol. The van der Waals surface area contributed by atoms with Gasteiger partial charge in [0.05, 0.1) is 17.0 Å². The summed E-state index contributed by atoms with van der Waals surface area (Å²) in [7, 11) is 0. The van der Waals surface area contributed by atoms with E-state index in [0.717, 1.165) is 10.6 Å². The molecule has 3 aromatic rings. The van der Waals surface area contributed by atoms with E-state index in [-0.39, 0.29) is 23.8 Å². The molecule has 0 bridgehead atoms. The molecule has 0 radical (unpaired) electrons. The molecule has 3 aromatic heterocycles. The Labute approximate surface area is 171 Å². The number of nitrogens with zero attached hydrogens (tertiary/aromatic N) is 3. The molecular weight excluding hydrogens is 388 g/mol. The van der Waals surface area contributed by atoms with E-state index < -0.39 is 5.56 Å². The maximum Gasteiger partial charge on any atom is 0.261 e.